The smallest absolute Gasteiger partial charge is 0.846 e. The first-order chi connectivity index (χ1) is 10.6. The van der Waals surface area contributed by atoms with Gasteiger partial charge in [-0.3, -0.25) is 19.2 Å². The van der Waals surface area contributed by atoms with Gasteiger partial charge in [-0.15, -0.1) is 0 Å². The van der Waals surface area contributed by atoms with Gasteiger partial charge in [0.1, 0.15) is 11.8 Å². The molecule has 10 heteroatoms. The van der Waals surface area contributed by atoms with Gasteiger partial charge < -0.3 is 20.6 Å². The molecular weight excluding hydrogens is 331 g/mol. The third-order valence-corrected chi connectivity index (χ3v) is 3.63. The average Bonchev–Trinajstić information content (AvgIpc) is 2.38. The van der Waals surface area contributed by atoms with Crippen LogP contribution >= 0.6 is 0 Å². The van der Waals surface area contributed by atoms with E-state index in [1.165, 1.54) is 0 Å². The first kappa shape index (κ1) is 24.8. The third-order valence-electron chi connectivity index (χ3n) is 3.63. The van der Waals surface area contributed by atoms with Crippen molar-refractivity contribution in [2.24, 2.45) is 16.3 Å². The standard InChI is InChI=1S/C11H18N2O3.C3H4O4.Na/c1-4-6-7(3)11(5-2)8(14)12-10(16)13-9(11)15;4-2(5)1-3(6)7;/h7H,4-6H2,1-3H3,(H2,12,13,14,15,16);1H2,(H,4,5)(H,6,7);/q;;+1/p-1. The monoisotopic (exact) mass is 352 g/mol. The molecule has 1 aliphatic heterocycles. The van der Waals surface area contributed by atoms with Crippen LogP contribution in [0.1, 0.15) is 46.5 Å². The SMILES string of the molecule is CCCC(C)C1(CC)C(=O)N=C([O-])NC1=O.O=C(O)CC(=O)O.[Na+]. The van der Waals surface area contributed by atoms with Crippen molar-refractivity contribution in [1.29, 1.82) is 0 Å². The van der Waals surface area contributed by atoms with Crippen LogP contribution in [0.4, 0.5) is 0 Å². The van der Waals surface area contributed by atoms with Crippen LogP contribution in [-0.2, 0) is 19.2 Å². The molecule has 2 unspecified atom stereocenters. The summed E-state index contributed by atoms with van der Waals surface area (Å²) in [6.45, 7) is 5.62. The first-order valence-corrected chi connectivity index (χ1v) is 7.16. The van der Waals surface area contributed by atoms with E-state index in [-0.39, 0.29) is 35.5 Å². The molecule has 0 fully saturated rings. The maximum absolute atomic E-state index is 11.9. The average molecular weight is 352 g/mol. The molecule has 1 rings (SSSR count). The predicted octanol–water partition coefficient (Wildman–Crippen LogP) is -3.26. The molecule has 2 amide bonds. The Morgan fingerprint density at radius 1 is 1.25 bits per heavy atom. The van der Waals surface area contributed by atoms with Crippen molar-refractivity contribution in [2.75, 3.05) is 0 Å². The molecule has 0 saturated carbocycles. The van der Waals surface area contributed by atoms with Crippen LogP contribution in [0.15, 0.2) is 4.99 Å². The number of carbonyl (C=O) groups is 4. The number of carboxylic acids is 2. The Hall–Kier alpha value is -1.45. The van der Waals surface area contributed by atoms with E-state index < -0.39 is 41.6 Å². The van der Waals surface area contributed by atoms with E-state index in [2.05, 4.69) is 10.3 Å². The fraction of sp³-hybridized carbons (Fsp3) is 0.643. The molecule has 3 N–H and O–H groups in total. The van der Waals surface area contributed by atoms with Gasteiger partial charge in [0.25, 0.3) is 5.91 Å². The topological polar surface area (TPSA) is 156 Å². The van der Waals surface area contributed by atoms with Gasteiger partial charge in [-0.05, 0) is 18.8 Å². The van der Waals surface area contributed by atoms with Crippen LogP contribution in [0.5, 0.6) is 0 Å². The Bertz CT molecular complexity index is 509. The largest absolute Gasteiger partial charge is 1.00 e. The van der Waals surface area contributed by atoms with Crippen LogP contribution in [-0.4, -0.2) is 40.0 Å². The minimum absolute atomic E-state index is 0. The minimum Gasteiger partial charge on any atom is -0.846 e. The maximum atomic E-state index is 11.9. The molecule has 2 atom stereocenters. The van der Waals surface area contributed by atoms with Crippen LogP contribution in [0.3, 0.4) is 0 Å². The van der Waals surface area contributed by atoms with E-state index >= 15 is 0 Å². The van der Waals surface area contributed by atoms with E-state index in [1.807, 2.05) is 13.8 Å². The van der Waals surface area contributed by atoms with Gasteiger partial charge in [0.15, 0.2) is 0 Å². The minimum atomic E-state index is -1.31. The summed E-state index contributed by atoms with van der Waals surface area (Å²) in [7, 11) is 0. The van der Waals surface area contributed by atoms with Gasteiger partial charge in [0.2, 0.25) is 5.91 Å². The third kappa shape index (κ3) is 6.58. The zero-order chi connectivity index (χ0) is 18.2. The Labute approximate surface area is 161 Å². The molecule has 0 aromatic rings. The zero-order valence-corrected chi connectivity index (χ0v) is 16.3. The Kier molecular flexibility index (Phi) is 11.5. The quantitative estimate of drug-likeness (QED) is 0.334. The number of hydrogen-bond acceptors (Lipinski definition) is 5. The fourth-order valence-electron chi connectivity index (χ4n) is 2.43. The predicted molar refractivity (Wildman–Crippen MR) is 77.3 cm³/mol. The van der Waals surface area contributed by atoms with Gasteiger partial charge in [-0.25, -0.2) is 4.99 Å². The summed E-state index contributed by atoms with van der Waals surface area (Å²) < 4.78 is 0. The van der Waals surface area contributed by atoms with Gasteiger partial charge in [0.05, 0.1) is 6.02 Å². The normalized spacial score (nSPS) is 20.5. The summed E-state index contributed by atoms with van der Waals surface area (Å²) in [6.07, 6.45) is 1.21. The number of aliphatic imine (C=N–C) groups is 1. The fourth-order valence-corrected chi connectivity index (χ4v) is 2.43. The summed E-state index contributed by atoms with van der Waals surface area (Å²) >= 11 is 0. The van der Waals surface area contributed by atoms with Crippen molar-refractivity contribution in [3.05, 3.63) is 0 Å². The first-order valence-electron chi connectivity index (χ1n) is 7.16. The van der Waals surface area contributed by atoms with Crippen LogP contribution in [0.25, 0.3) is 0 Å². The van der Waals surface area contributed by atoms with Crippen molar-refractivity contribution in [1.82, 2.24) is 5.32 Å². The Morgan fingerprint density at radius 2 is 1.75 bits per heavy atom. The number of nitrogens with one attached hydrogen (secondary N) is 1. The van der Waals surface area contributed by atoms with Gasteiger partial charge >= 0.3 is 41.5 Å². The molecule has 0 saturated heterocycles. The number of aliphatic carboxylic acids is 2. The number of amidine groups is 1. The summed E-state index contributed by atoms with van der Waals surface area (Å²) in [5.74, 6) is -3.82. The van der Waals surface area contributed by atoms with E-state index in [4.69, 9.17) is 10.2 Å². The summed E-state index contributed by atoms with van der Waals surface area (Å²) in [5, 5.41) is 28.5. The zero-order valence-electron chi connectivity index (χ0n) is 14.3. The molecule has 1 aliphatic rings. The molecule has 1 heterocycles. The molecule has 0 radical (unpaired) electrons. The molecule has 0 aromatic carbocycles. The van der Waals surface area contributed by atoms with Crippen molar-refractivity contribution >= 4 is 29.8 Å². The molecule has 0 aromatic heterocycles. The second kappa shape index (κ2) is 11.2. The molecular formula is C14H21N2NaO7. The van der Waals surface area contributed by atoms with Crippen LogP contribution in [0, 0.1) is 11.3 Å². The second-order valence-electron chi connectivity index (χ2n) is 5.16. The van der Waals surface area contributed by atoms with E-state index in [0.717, 1.165) is 12.8 Å². The molecule has 24 heavy (non-hydrogen) atoms. The maximum Gasteiger partial charge on any atom is 1.00 e. The number of hydrogen-bond donors (Lipinski definition) is 3. The van der Waals surface area contributed by atoms with E-state index in [9.17, 15) is 24.3 Å². The van der Waals surface area contributed by atoms with Crippen LogP contribution < -0.4 is 40.0 Å². The number of carboxylic acid groups (broad SMARTS) is 2. The van der Waals surface area contributed by atoms with Crippen molar-refractivity contribution in [3.63, 3.8) is 0 Å². The van der Waals surface area contributed by atoms with Crippen molar-refractivity contribution in [2.45, 2.75) is 46.5 Å². The van der Waals surface area contributed by atoms with Gasteiger partial charge in [-0.2, -0.15) is 0 Å². The number of nitrogens with zero attached hydrogens (tertiary/aromatic N) is 1. The molecule has 9 nitrogen and oxygen atoms in total. The number of carbonyl (C=O) groups excluding carboxylic acids is 2. The summed E-state index contributed by atoms with van der Waals surface area (Å²) in [4.78, 5) is 45.9. The van der Waals surface area contributed by atoms with E-state index in [1.54, 1.807) is 6.92 Å². The van der Waals surface area contributed by atoms with Crippen molar-refractivity contribution < 1.29 is 64.1 Å². The van der Waals surface area contributed by atoms with Gasteiger partial charge in [-0.1, -0.05) is 27.2 Å². The number of rotatable bonds is 6. The Morgan fingerprint density at radius 3 is 2.04 bits per heavy atom. The number of amides is 2. The molecule has 0 aliphatic carbocycles. The summed E-state index contributed by atoms with van der Waals surface area (Å²) in [5.41, 5.74) is -1.15. The molecule has 0 bridgehead atoms. The Balaban J connectivity index is 0. The van der Waals surface area contributed by atoms with Crippen molar-refractivity contribution in [3.8, 4) is 0 Å². The van der Waals surface area contributed by atoms with Gasteiger partial charge in [0, 0.05) is 0 Å². The summed E-state index contributed by atoms with van der Waals surface area (Å²) in [6, 6.07) is -0.845. The molecule has 130 valence electrons. The van der Waals surface area contributed by atoms with Crippen LogP contribution in [0.2, 0.25) is 0 Å². The van der Waals surface area contributed by atoms with E-state index in [0.29, 0.717) is 6.42 Å². The second-order valence-corrected chi connectivity index (χ2v) is 5.16. The molecule has 0 spiro atoms.